The van der Waals surface area contributed by atoms with E-state index in [0.29, 0.717) is 30.1 Å². The molecule has 1 heterocycles. The summed E-state index contributed by atoms with van der Waals surface area (Å²) in [5, 5.41) is 3.29. The molecule has 0 radical (unpaired) electrons. The molecular formula is C18H19ClN2O3S2. The number of carbonyl (C=O) groups is 1. The number of nitrogens with zero attached hydrogens (tertiary/aromatic N) is 1. The number of anilines is 1. The minimum atomic E-state index is -3.74. The molecule has 2 aromatic carbocycles. The van der Waals surface area contributed by atoms with Crippen LogP contribution in [0.4, 0.5) is 5.69 Å². The topological polar surface area (TPSA) is 66.5 Å². The molecule has 5 nitrogen and oxygen atoms in total. The maximum atomic E-state index is 12.9. The van der Waals surface area contributed by atoms with E-state index in [0.717, 1.165) is 4.90 Å². The molecule has 3 rings (SSSR count). The van der Waals surface area contributed by atoms with Gasteiger partial charge in [-0.2, -0.15) is 4.31 Å². The molecule has 26 heavy (non-hydrogen) atoms. The quantitative estimate of drug-likeness (QED) is 0.760. The fraction of sp³-hybridized carbons (Fsp3) is 0.278. The van der Waals surface area contributed by atoms with Gasteiger partial charge in [0.25, 0.3) is 0 Å². The van der Waals surface area contributed by atoms with E-state index < -0.39 is 16.1 Å². The molecule has 0 spiro atoms. The van der Waals surface area contributed by atoms with E-state index in [4.69, 9.17) is 11.6 Å². The lowest BCUT2D eigenvalue weighted by atomic mass is 10.2. The molecule has 8 heteroatoms. The first-order chi connectivity index (χ1) is 12.4. The number of thioether (sulfide) groups is 1. The van der Waals surface area contributed by atoms with Crippen LogP contribution in [0, 0.1) is 0 Å². The number of nitrogens with one attached hydrogen (secondary N) is 1. The smallest absolute Gasteiger partial charge is 0.243 e. The van der Waals surface area contributed by atoms with E-state index in [-0.39, 0.29) is 10.8 Å². The summed E-state index contributed by atoms with van der Waals surface area (Å²) in [4.78, 5) is 13.9. The maximum Gasteiger partial charge on any atom is 0.243 e. The monoisotopic (exact) mass is 410 g/mol. The minimum absolute atomic E-state index is 0.144. The van der Waals surface area contributed by atoms with Crippen LogP contribution in [0.5, 0.6) is 0 Å². The van der Waals surface area contributed by atoms with Crippen LogP contribution >= 0.6 is 23.4 Å². The van der Waals surface area contributed by atoms with Crippen molar-refractivity contribution < 1.29 is 13.2 Å². The van der Waals surface area contributed by atoms with E-state index in [1.54, 1.807) is 11.8 Å². The third-order valence-electron chi connectivity index (χ3n) is 4.28. The standard InChI is InChI=1S/C18H19ClN2O3S2/c1-25-15-8-6-14(7-9-15)20-18(22)17-3-2-12-21(17)26(23,24)16-10-4-13(19)5-11-16/h4-11,17H,2-3,12H2,1H3,(H,20,22). The van der Waals surface area contributed by atoms with E-state index in [1.165, 1.54) is 28.6 Å². The zero-order chi connectivity index (χ0) is 18.7. The van der Waals surface area contributed by atoms with Crippen molar-refractivity contribution in [3.8, 4) is 0 Å². The second-order valence-corrected chi connectivity index (χ2v) is 9.15. The highest BCUT2D eigenvalue weighted by molar-refractivity contribution is 7.98. The highest BCUT2D eigenvalue weighted by Gasteiger charge is 2.39. The zero-order valence-corrected chi connectivity index (χ0v) is 16.6. The summed E-state index contributed by atoms with van der Waals surface area (Å²) >= 11 is 7.45. The zero-order valence-electron chi connectivity index (χ0n) is 14.2. The molecule has 0 aliphatic carbocycles. The lowest BCUT2D eigenvalue weighted by Gasteiger charge is -2.23. The van der Waals surface area contributed by atoms with Gasteiger partial charge in [-0.1, -0.05) is 11.6 Å². The molecule has 1 unspecified atom stereocenters. The van der Waals surface area contributed by atoms with Crippen LogP contribution < -0.4 is 5.32 Å². The van der Waals surface area contributed by atoms with Crippen LogP contribution in [0.25, 0.3) is 0 Å². The molecule has 0 aromatic heterocycles. The maximum absolute atomic E-state index is 12.9. The van der Waals surface area contributed by atoms with E-state index in [1.807, 2.05) is 30.5 Å². The van der Waals surface area contributed by atoms with E-state index in [2.05, 4.69) is 5.32 Å². The molecule has 1 amide bonds. The number of rotatable bonds is 5. The second-order valence-electron chi connectivity index (χ2n) is 5.95. The lowest BCUT2D eigenvalue weighted by molar-refractivity contribution is -0.119. The average Bonchev–Trinajstić information content (AvgIpc) is 3.13. The predicted molar refractivity (Wildman–Crippen MR) is 105 cm³/mol. The van der Waals surface area contributed by atoms with Gasteiger partial charge in [-0.25, -0.2) is 8.42 Å². The number of halogens is 1. The van der Waals surface area contributed by atoms with Crippen LogP contribution in [0.3, 0.4) is 0 Å². The number of sulfonamides is 1. The second kappa shape index (κ2) is 8.00. The lowest BCUT2D eigenvalue weighted by Crippen LogP contribution is -2.43. The largest absolute Gasteiger partial charge is 0.325 e. The van der Waals surface area contributed by atoms with Crippen molar-refractivity contribution in [3.05, 3.63) is 53.6 Å². The Hall–Kier alpha value is -1.54. The Morgan fingerprint density at radius 2 is 1.81 bits per heavy atom. The Morgan fingerprint density at radius 3 is 2.42 bits per heavy atom. The number of hydrogen-bond donors (Lipinski definition) is 1. The van der Waals surface area contributed by atoms with Gasteiger partial charge in [0.1, 0.15) is 6.04 Å². The third kappa shape index (κ3) is 4.06. The Bertz CT molecular complexity index is 884. The first-order valence-electron chi connectivity index (χ1n) is 8.14. The highest BCUT2D eigenvalue weighted by Crippen LogP contribution is 2.28. The van der Waals surface area contributed by atoms with Crippen molar-refractivity contribution >= 4 is 45.0 Å². The van der Waals surface area contributed by atoms with Crippen molar-refractivity contribution in [2.45, 2.75) is 28.7 Å². The fourth-order valence-electron chi connectivity index (χ4n) is 2.93. The number of amides is 1. The van der Waals surface area contributed by atoms with Crippen molar-refractivity contribution in [1.82, 2.24) is 4.31 Å². The number of carbonyl (C=O) groups excluding carboxylic acids is 1. The van der Waals surface area contributed by atoms with Gasteiger partial charge in [-0.3, -0.25) is 4.79 Å². The van der Waals surface area contributed by atoms with Gasteiger partial charge in [-0.05, 0) is 67.6 Å². The summed E-state index contributed by atoms with van der Waals surface area (Å²) in [6.07, 6.45) is 3.13. The first kappa shape index (κ1) is 19.2. The van der Waals surface area contributed by atoms with Crippen LogP contribution in [0.2, 0.25) is 5.02 Å². The van der Waals surface area contributed by atoms with Gasteiger partial charge < -0.3 is 5.32 Å². The summed E-state index contributed by atoms with van der Waals surface area (Å²) in [7, 11) is -3.74. The van der Waals surface area contributed by atoms with Crippen molar-refractivity contribution in [2.75, 3.05) is 18.1 Å². The molecule has 2 aromatic rings. The Balaban J connectivity index is 1.78. The SMILES string of the molecule is CSc1ccc(NC(=O)C2CCCN2S(=O)(=O)c2ccc(Cl)cc2)cc1. The Morgan fingerprint density at radius 1 is 1.15 bits per heavy atom. The molecule has 138 valence electrons. The highest BCUT2D eigenvalue weighted by atomic mass is 35.5. The molecule has 0 bridgehead atoms. The average molecular weight is 411 g/mol. The molecule has 1 saturated heterocycles. The summed E-state index contributed by atoms with van der Waals surface area (Å²) in [6.45, 7) is 0.328. The molecule has 1 N–H and O–H groups in total. The molecule has 1 atom stereocenters. The van der Waals surface area contributed by atoms with Gasteiger partial charge >= 0.3 is 0 Å². The summed E-state index contributed by atoms with van der Waals surface area (Å²) < 4.78 is 27.1. The number of benzene rings is 2. The fourth-order valence-corrected chi connectivity index (χ4v) is 5.12. The molecule has 0 saturated carbocycles. The van der Waals surface area contributed by atoms with Gasteiger partial charge in [0.15, 0.2) is 0 Å². The molecule has 1 fully saturated rings. The van der Waals surface area contributed by atoms with Gasteiger partial charge in [0, 0.05) is 22.2 Å². The third-order valence-corrected chi connectivity index (χ3v) is 7.20. The van der Waals surface area contributed by atoms with Gasteiger partial charge in [0.2, 0.25) is 15.9 Å². The van der Waals surface area contributed by atoms with Crippen LogP contribution in [-0.4, -0.2) is 37.5 Å². The molecule has 1 aliphatic rings. The first-order valence-corrected chi connectivity index (χ1v) is 11.2. The Labute approximate surface area is 162 Å². The van der Waals surface area contributed by atoms with Crippen molar-refractivity contribution in [1.29, 1.82) is 0 Å². The number of hydrogen-bond acceptors (Lipinski definition) is 4. The van der Waals surface area contributed by atoms with E-state index in [9.17, 15) is 13.2 Å². The van der Waals surface area contributed by atoms with Crippen LogP contribution in [-0.2, 0) is 14.8 Å². The summed E-state index contributed by atoms with van der Waals surface area (Å²) in [6, 6.07) is 12.7. The summed E-state index contributed by atoms with van der Waals surface area (Å²) in [5.74, 6) is -0.308. The predicted octanol–water partition coefficient (Wildman–Crippen LogP) is 3.85. The van der Waals surface area contributed by atoms with Crippen LogP contribution in [0.1, 0.15) is 12.8 Å². The van der Waals surface area contributed by atoms with Crippen molar-refractivity contribution in [2.24, 2.45) is 0 Å². The van der Waals surface area contributed by atoms with Gasteiger partial charge in [-0.15, -0.1) is 11.8 Å². The van der Waals surface area contributed by atoms with Crippen molar-refractivity contribution in [3.63, 3.8) is 0 Å². The molecular weight excluding hydrogens is 392 g/mol. The van der Waals surface area contributed by atoms with Gasteiger partial charge in [0.05, 0.1) is 4.90 Å². The van der Waals surface area contributed by atoms with Crippen LogP contribution in [0.15, 0.2) is 58.3 Å². The molecule has 1 aliphatic heterocycles. The minimum Gasteiger partial charge on any atom is -0.325 e. The van der Waals surface area contributed by atoms with E-state index >= 15 is 0 Å². The normalized spacial score (nSPS) is 18.0. The Kier molecular flexibility index (Phi) is 5.92. The summed E-state index contributed by atoms with van der Waals surface area (Å²) in [5.41, 5.74) is 0.656.